The Labute approximate surface area is 153 Å². The summed E-state index contributed by atoms with van der Waals surface area (Å²) < 4.78 is 11.0. The lowest BCUT2D eigenvalue weighted by Crippen LogP contribution is -2.67. The van der Waals surface area contributed by atoms with Crippen LogP contribution < -0.4 is 10.2 Å². The quantitative estimate of drug-likeness (QED) is 0.291. The van der Waals surface area contributed by atoms with Crippen molar-refractivity contribution in [3.05, 3.63) is 6.33 Å². The number of aliphatic imine (C=N–C) groups is 1. The van der Waals surface area contributed by atoms with E-state index >= 15 is 0 Å². The van der Waals surface area contributed by atoms with Crippen LogP contribution in [-0.4, -0.2) is 98.0 Å². The van der Waals surface area contributed by atoms with E-state index in [-0.39, 0.29) is 30.4 Å². The molecule has 3 aliphatic heterocycles. The summed E-state index contributed by atoms with van der Waals surface area (Å²) in [5.74, 6) is 0.314. The minimum atomic E-state index is -1.43. The zero-order valence-electron chi connectivity index (χ0n) is 14.2. The van der Waals surface area contributed by atoms with Crippen molar-refractivity contribution in [2.45, 2.75) is 49.4 Å². The molecular formula is C15H22N5O7+. The van der Waals surface area contributed by atoms with Crippen LogP contribution in [0.5, 0.6) is 0 Å². The molecule has 8 atom stereocenters. The highest BCUT2D eigenvalue weighted by Gasteiger charge is 2.64. The largest absolute Gasteiger partial charge is 0.394 e. The molecule has 4 heterocycles. The van der Waals surface area contributed by atoms with Gasteiger partial charge in [-0.05, 0) is 0 Å². The van der Waals surface area contributed by atoms with Gasteiger partial charge in [0, 0.05) is 6.42 Å². The van der Waals surface area contributed by atoms with E-state index in [0.29, 0.717) is 0 Å². The number of hydrogen-bond donors (Lipinski definition) is 6. The van der Waals surface area contributed by atoms with Gasteiger partial charge < -0.3 is 40.7 Å². The number of nitrogen functional groups attached to an aromatic ring is 1. The predicted octanol–water partition coefficient (Wildman–Crippen LogP) is -3.05. The number of nitrogens with zero attached hydrogens (tertiary/aromatic N) is 4. The number of nitrogens with two attached hydrogens (primary N) is 1. The zero-order valence-corrected chi connectivity index (χ0v) is 14.2. The van der Waals surface area contributed by atoms with Crippen LogP contribution in [0.3, 0.4) is 0 Å². The van der Waals surface area contributed by atoms with Gasteiger partial charge >= 0.3 is 0 Å². The molecule has 0 radical (unpaired) electrons. The first-order chi connectivity index (χ1) is 12.9. The summed E-state index contributed by atoms with van der Waals surface area (Å²) in [5.41, 5.74) is 6.12. The van der Waals surface area contributed by atoms with E-state index in [2.05, 4.69) is 15.0 Å². The molecule has 1 aromatic heterocycles. The van der Waals surface area contributed by atoms with Gasteiger partial charge in [-0.15, -0.1) is 0 Å². The van der Waals surface area contributed by atoms with Gasteiger partial charge in [-0.1, -0.05) is 0 Å². The van der Waals surface area contributed by atoms with Crippen molar-refractivity contribution < 1.29 is 35.0 Å². The van der Waals surface area contributed by atoms with E-state index in [4.69, 9.17) is 15.2 Å². The number of fused-ring (bicyclic) bond motifs is 1. The summed E-state index contributed by atoms with van der Waals surface area (Å²) in [7, 11) is 0. The molecule has 2 unspecified atom stereocenters. The molecule has 4 rings (SSSR count). The zero-order chi connectivity index (χ0) is 19.3. The average molecular weight is 384 g/mol. The lowest BCUT2D eigenvalue weighted by molar-refractivity contribution is -0.147. The second-order valence-corrected chi connectivity index (χ2v) is 6.87. The Kier molecular flexibility index (Phi) is 4.60. The molecule has 27 heavy (non-hydrogen) atoms. The number of rotatable bonds is 4. The van der Waals surface area contributed by atoms with Gasteiger partial charge in [0.25, 0.3) is 5.82 Å². The van der Waals surface area contributed by atoms with E-state index in [1.54, 1.807) is 0 Å². The molecular weight excluding hydrogens is 362 g/mol. The molecule has 0 aromatic carbocycles. The maximum atomic E-state index is 10.6. The molecule has 0 saturated carbocycles. The average Bonchev–Trinajstić information content (AvgIpc) is 3.31. The highest BCUT2D eigenvalue weighted by molar-refractivity contribution is 5.91. The van der Waals surface area contributed by atoms with Crippen LogP contribution in [0.15, 0.2) is 11.3 Å². The summed E-state index contributed by atoms with van der Waals surface area (Å²) in [4.78, 5) is 12.4. The standard InChI is InChI=1S/C15H22N5O7/c16-12-9-13(18-4-17-12)20(5-19-9,14-7(23)1-6(2-21)26-14)15-11(25)10(24)8(3-22)27-15/h4-8,10-11,14-15,21-25H,1-3H2,(H2,16,17,18)/q+1/t6-,7+,8+,10+,11+,14+,15?,20?/m0/s1. The maximum absolute atomic E-state index is 10.6. The third-order valence-corrected chi connectivity index (χ3v) is 5.30. The van der Waals surface area contributed by atoms with Crippen molar-refractivity contribution >= 4 is 23.7 Å². The summed E-state index contributed by atoms with van der Waals surface area (Å²) in [5, 5.41) is 50.3. The Morgan fingerprint density at radius 2 is 1.85 bits per heavy atom. The molecule has 0 amide bonds. The molecule has 2 saturated heterocycles. The molecule has 0 bridgehead atoms. The summed E-state index contributed by atoms with van der Waals surface area (Å²) >= 11 is 0. The third-order valence-electron chi connectivity index (χ3n) is 5.30. The van der Waals surface area contributed by atoms with Gasteiger partial charge in [-0.3, -0.25) is 0 Å². The molecule has 0 aliphatic carbocycles. The summed E-state index contributed by atoms with van der Waals surface area (Å²) in [6.45, 7) is -0.822. The molecule has 12 heteroatoms. The molecule has 3 aliphatic rings. The minimum Gasteiger partial charge on any atom is -0.394 e. The van der Waals surface area contributed by atoms with Crippen LogP contribution in [-0.2, 0) is 9.47 Å². The lowest BCUT2D eigenvalue weighted by Gasteiger charge is -2.40. The maximum Gasteiger partial charge on any atom is 0.269 e. The first kappa shape index (κ1) is 18.6. The Bertz CT molecular complexity index is 751. The van der Waals surface area contributed by atoms with Crippen molar-refractivity contribution in [3.63, 3.8) is 0 Å². The molecule has 148 valence electrons. The normalized spacial score (nSPS) is 43.4. The van der Waals surface area contributed by atoms with Crippen molar-refractivity contribution in [2.75, 3.05) is 18.9 Å². The van der Waals surface area contributed by atoms with Gasteiger partial charge in [0.1, 0.15) is 24.6 Å². The van der Waals surface area contributed by atoms with Crippen LogP contribution in [0, 0.1) is 0 Å². The number of hydrogen-bond acceptors (Lipinski definition) is 11. The Hall–Kier alpha value is -1.77. The SMILES string of the molecule is Nc1ncnc2c1N=C[N+]2(C1O[C@H](CO)[C@@H](O)[C@H]1O)[C@@H]1O[C@H](CO)C[C@H]1O. The van der Waals surface area contributed by atoms with E-state index < -0.39 is 54.1 Å². The monoisotopic (exact) mass is 384 g/mol. The fourth-order valence-corrected chi connectivity index (χ4v) is 3.98. The molecule has 7 N–H and O–H groups in total. The number of aliphatic hydroxyl groups is 5. The highest BCUT2D eigenvalue weighted by atomic mass is 16.6. The number of anilines is 1. The molecule has 12 nitrogen and oxygen atoms in total. The van der Waals surface area contributed by atoms with Crippen LogP contribution in [0.2, 0.25) is 0 Å². The molecule has 1 aromatic rings. The second-order valence-electron chi connectivity index (χ2n) is 6.87. The van der Waals surface area contributed by atoms with Gasteiger partial charge in [0.15, 0.2) is 17.6 Å². The first-order valence-corrected chi connectivity index (χ1v) is 8.55. The number of aliphatic hydroxyl groups excluding tert-OH is 5. The van der Waals surface area contributed by atoms with Crippen LogP contribution in [0.4, 0.5) is 17.3 Å². The highest BCUT2D eigenvalue weighted by Crippen LogP contribution is 2.47. The van der Waals surface area contributed by atoms with Gasteiger partial charge in [0.2, 0.25) is 18.8 Å². The summed E-state index contributed by atoms with van der Waals surface area (Å²) in [6.07, 6.45) is -5.00. The molecule has 0 spiro atoms. The van der Waals surface area contributed by atoms with Crippen LogP contribution in [0.1, 0.15) is 6.42 Å². The van der Waals surface area contributed by atoms with Crippen LogP contribution in [0.25, 0.3) is 0 Å². The fourth-order valence-electron chi connectivity index (χ4n) is 3.98. The van der Waals surface area contributed by atoms with Gasteiger partial charge in [-0.2, -0.15) is 14.5 Å². The third kappa shape index (κ3) is 2.57. The lowest BCUT2D eigenvalue weighted by atomic mass is 10.1. The summed E-state index contributed by atoms with van der Waals surface area (Å²) in [6, 6.07) is 0. The number of aromatic nitrogens is 2. The van der Waals surface area contributed by atoms with Crippen molar-refractivity contribution in [1.29, 1.82) is 0 Å². The van der Waals surface area contributed by atoms with Crippen molar-refractivity contribution in [1.82, 2.24) is 14.5 Å². The fraction of sp³-hybridized carbons (Fsp3) is 0.667. The number of ether oxygens (including phenoxy) is 2. The Morgan fingerprint density at radius 1 is 1.07 bits per heavy atom. The first-order valence-electron chi connectivity index (χ1n) is 8.55. The Morgan fingerprint density at radius 3 is 2.48 bits per heavy atom. The van der Waals surface area contributed by atoms with Crippen molar-refractivity contribution in [2.24, 2.45) is 4.99 Å². The van der Waals surface area contributed by atoms with Crippen molar-refractivity contribution in [3.8, 4) is 0 Å². The predicted molar refractivity (Wildman–Crippen MR) is 90.5 cm³/mol. The van der Waals surface area contributed by atoms with E-state index in [1.165, 1.54) is 12.7 Å². The smallest absolute Gasteiger partial charge is 0.269 e. The van der Waals surface area contributed by atoms with Gasteiger partial charge in [-0.25, -0.2) is 4.98 Å². The molecule has 2 fully saturated rings. The van der Waals surface area contributed by atoms with Gasteiger partial charge in [0.05, 0.1) is 19.3 Å². The topological polar surface area (TPSA) is 184 Å². The van der Waals surface area contributed by atoms with E-state index in [1.807, 2.05) is 0 Å². The van der Waals surface area contributed by atoms with E-state index in [0.717, 1.165) is 0 Å². The minimum absolute atomic E-state index is 0.0918. The number of quaternary nitrogens is 1. The Balaban J connectivity index is 1.84. The second kappa shape index (κ2) is 6.68. The van der Waals surface area contributed by atoms with Crippen LogP contribution >= 0.6 is 0 Å². The van der Waals surface area contributed by atoms with E-state index in [9.17, 15) is 25.5 Å².